The van der Waals surface area contributed by atoms with Crippen molar-refractivity contribution < 1.29 is 4.74 Å². The summed E-state index contributed by atoms with van der Waals surface area (Å²) in [5.41, 5.74) is 8.45. The predicted molar refractivity (Wildman–Crippen MR) is 86.6 cm³/mol. The van der Waals surface area contributed by atoms with Gasteiger partial charge in [0.2, 0.25) is 0 Å². The minimum atomic E-state index is 0.285. The third kappa shape index (κ3) is 3.76. The van der Waals surface area contributed by atoms with Crippen molar-refractivity contribution >= 4 is 5.69 Å². The first-order valence-electron chi connectivity index (χ1n) is 7.58. The van der Waals surface area contributed by atoms with Crippen LogP contribution in [0.5, 0.6) is 5.75 Å². The van der Waals surface area contributed by atoms with Crippen molar-refractivity contribution in [3.05, 3.63) is 60.2 Å². The summed E-state index contributed by atoms with van der Waals surface area (Å²) >= 11 is 0. The van der Waals surface area contributed by atoms with E-state index in [4.69, 9.17) is 10.5 Å². The third-order valence-electron chi connectivity index (χ3n) is 3.89. The normalized spacial score (nSPS) is 18.5. The molecule has 3 nitrogen and oxygen atoms in total. The first-order chi connectivity index (χ1) is 10.3. The average molecular weight is 282 g/mol. The first kappa shape index (κ1) is 14.0. The zero-order valence-electron chi connectivity index (χ0n) is 12.2. The van der Waals surface area contributed by atoms with Crippen LogP contribution >= 0.6 is 0 Å². The summed E-state index contributed by atoms with van der Waals surface area (Å²) in [4.78, 5) is 2.35. The summed E-state index contributed by atoms with van der Waals surface area (Å²) in [5.74, 6) is 0.912. The van der Waals surface area contributed by atoms with Gasteiger partial charge < -0.3 is 15.4 Å². The van der Waals surface area contributed by atoms with Gasteiger partial charge in [-0.1, -0.05) is 36.4 Å². The molecule has 3 rings (SSSR count). The average Bonchev–Trinajstić information content (AvgIpc) is 2.54. The van der Waals surface area contributed by atoms with Crippen LogP contribution in [0.4, 0.5) is 5.69 Å². The van der Waals surface area contributed by atoms with Gasteiger partial charge in [0, 0.05) is 30.9 Å². The Bertz CT molecular complexity index is 570. The second kappa shape index (κ2) is 6.64. The summed E-state index contributed by atoms with van der Waals surface area (Å²) in [6, 6.07) is 18.8. The van der Waals surface area contributed by atoms with Gasteiger partial charge in [-0.2, -0.15) is 0 Å². The maximum atomic E-state index is 6.06. The van der Waals surface area contributed by atoms with Crippen LogP contribution in [0.1, 0.15) is 18.4 Å². The SMILES string of the molecule is NC1CCCN(c2cccc(OCc3ccccc3)c2)C1. The number of ether oxygens (including phenoxy) is 1. The van der Waals surface area contributed by atoms with Crippen molar-refractivity contribution in [1.82, 2.24) is 0 Å². The molecule has 1 fully saturated rings. The highest BCUT2D eigenvalue weighted by molar-refractivity contribution is 5.51. The molecule has 0 spiro atoms. The van der Waals surface area contributed by atoms with E-state index < -0.39 is 0 Å². The Labute approximate surface area is 126 Å². The number of nitrogens with zero attached hydrogens (tertiary/aromatic N) is 1. The van der Waals surface area contributed by atoms with Crippen LogP contribution in [-0.2, 0) is 6.61 Å². The lowest BCUT2D eigenvalue weighted by Gasteiger charge is -2.32. The summed E-state index contributed by atoms with van der Waals surface area (Å²) in [6.07, 6.45) is 2.29. The zero-order valence-corrected chi connectivity index (χ0v) is 12.2. The minimum Gasteiger partial charge on any atom is -0.489 e. The second-order valence-electron chi connectivity index (χ2n) is 5.62. The van der Waals surface area contributed by atoms with E-state index in [2.05, 4.69) is 35.2 Å². The molecule has 0 aliphatic carbocycles. The lowest BCUT2D eigenvalue weighted by molar-refractivity contribution is 0.306. The minimum absolute atomic E-state index is 0.285. The summed E-state index contributed by atoms with van der Waals surface area (Å²) < 4.78 is 5.89. The van der Waals surface area contributed by atoms with Crippen LogP contribution < -0.4 is 15.4 Å². The molecule has 0 amide bonds. The number of hydrogen-bond acceptors (Lipinski definition) is 3. The second-order valence-corrected chi connectivity index (χ2v) is 5.62. The number of anilines is 1. The zero-order chi connectivity index (χ0) is 14.5. The standard InChI is InChI=1S/C18H22N2O/c19-16-8-5-11-20(13-16)17-9-4-10-18(12-17)21-14-15-6-2-1-3-7-15/h1-4,6-7,9-10,12,16H,5,8,11,13-14,19H2. The quantitative estimate of drug-likeness (QED) is 0.936. The molecule has 0 bridgehead atoms. The lowest BCUT2D eigenvalue weighted by Crippen LogP contribution is -2.42. The molecule has 1 unspecified atom stereocenters. The number of rotatable bonds is 4. The van der Waals surface area contributed by atoms with Gasteiger partial charge in [0.05, 0.1) is 0 Å². The summed E-state index contributed by atoms with van der Waals surface area (Å²) in [7, 11) is 0. The molecule has 1 saturated heterocycles. The van der Waals surface area contributed by atoms with Crippen molar-refractivity contribution in [2.24, 2.45) is 5.73 Å². The van der Waals surface area contributed by atoms with E-state index in [9.17, 15) is 0 Å². The smallest absolute Gasteiger partial charge is 0.121 e. The van der Waals surface area contributed by atoms with Gasteiger partial charge in [0.25, 0.3) is 0 Å². The molecular formula is C18H22N2O. The van der Waals surface area contributed by atoms with Crippen molar-refractivity contribution in [3.8, 4) is 5.75 Å². The number of nitrogens with two attached hydrogens (primary N) is 1. The topological polar surface area (TPSA) is 38.5 Å². The maximum absolute atomic E-state index is 6.06. The Balaban J connectivity index is 1.65. The van der Waals surface area contributed by atoms with E-state index in [0.29, 0.717) is 6.61 Å². The fraction of sp³-hybridized carbons (Fsp3) is 0.333. The Morgan fingerprint density at radius 1 is 1.10 bits per heavy atom. The van der Waals surface area contributed by atoms with E-state index in [1.54, 1.807) is 0 Å². The number of benzene rings is 2. The Hall–Kier alpha value is -2.00. The first-order valence-corrected chi connectivity index (χ1v) is 7.58. The summed E-state index contributed by atoms with van der Waals surface area (Å²) in [5, 5.41) is 0. The van der Waals surface area contributed by atoms with Crippen LogP contribution in [0.3, 0.4) is 0 Å². The molecule has 2 N–H and O–H groups in total. The van der Waals surface area contributed by atoms with E-state index in [-0.39, 0.29) is 6.04 Å². The molecule has 3 heteroatoms. The molecule has 1 heterocycles. The van der Waals surface area contributed by atoms with Gasteiger partial charge in [0.1, 0.15) is 12.4 Å². The van der Waals surface area contributed by atoms with Crippen molar-refractivity contribution in [1.29, 1.82) is 0 Å². The fourth-order valence-corrected chi connectivity index (χ4v) is 2.76. The third-order valence-corrected chi connectivity index (χ3v) is 3.89. The highest BCUT2D eigenvalue weighted by Gasteiger charge is 2.17. The maximum Gasteiger partial charge on any atom is 0.121 e. The predicted octanol–water partition coefficient (Wildman–Crippen LogP) is 3.19. The van der Waals surface area contributed by atoms with E-state index in [1.165, 1.54) is 11.3 Å². The van der Waals surface area contributed by atoms with Crippen molar-refractivity contribution in [3.63, 3.8) is 0 Å². The van der Waals surface area contributed by atoms with E-state index in [1.807, 2.05) is 24.3 Å². The number of hydrogen-bond donors (Lipinski definition) is 1. The fourth-order valence-electron chi connectivity index (χ4n) is 2.76. The van der Waals surface area contributed by atoms with Gasteiger partial charge in [-0.3, -0.25) is 0 Å². The molecule has 1 aliphatic heterocycles. The molecule has 110 valence electrons. The van der Waals surface area contributed by atoms with Crippen LogP contribution in [0, 0.1) is 0 Å². The molecule has 2 aromatic carbocycles. The molecule has 21 heavy (non-hydrogen) atoms. The van der Waals surface area contributed by atoms with Gasteiger partial charge >= 0.3 is 0 Å². The largest absolute Gasteiger partial charge is 0.489 e. The molecular weight excluding hydrogens is 260 g/mol. The Kier molecular flexibility index (Phi) is 4.41. The van der Waals surface area contributed by atoms with Crippen molar-refractivity contribution in [2.45, 2.75) is 25.5 Å². The van der Waals surface area contributed by atoms with Crippen molar-refractivity contribution in [2.75, 3.05) is 18.0 Å². The molecule has 2 aromatic rings. The van der Waals surface area contributed by atoms with Crippen LogP contribution in [0.2, 0.25) is 0 Å². The molecule has 0 saturated carbocycles. The van der Waals surface area contributed by atoms with Crippen LogP contribution in [0.25, 0.3) is 0 Å². The molecule has 0 aromatic heterocycles. The molecule has 1 atom stereocenters. The van der Waals surface area contributed by atoms with Gasteiger partial charge in [0.15, 0.2) is 0 Å². The Morgan fingerprint density at radius 3 is 2.76 bits per heavy atom. The highest BCUT2D eigenvalue weighted by Crippen LogP contribution is 2.24. The van der Waals surface area contributed by atoms with Crippen LogP contribution in [0.15, 0.2) is 54.6 Å². The van der Waals surface area contributed by atoms with E-state index >= 15 is 0 Å². The van der Waals surface area contributed by atoms with Crippen LogP contribution in [-0.4, -0.2) is 19.1 Å². The number of piperidine rings is 1. The molecule has 0 radical (unpaired) electrons. The lowest BCUT2D eigenvalue weighted by atomic mass is 10.1. The van der Waals surface area contributed by atoms with E-state index in [0.717, 1.165) is 31.7 Å². The van der Waals surface area contributed by atoms with Gasteiger partial charge in [-0.15, -0.1) is 0 Å². The summed E-state index contributed by atoms with van der Waals surface area (Å²) in [6.45, 7) is 2.61. The Morgan fingerprint density at radius 2 is 1.95 bits per heavy atom. The monoisotopic (exact) mass is 282 g/mol. The molecule has 1 aliphatic rings. The highest BCUT2D eigenvalue weighted by atomic mass is 16.5. The van der Waals surface area contributed by atoms with Gasteiger partial charge in [-0.05, 0) is 30.5 Å². The van der Waals surface area contributed by atoms with Gasteiger partial charge in [-0.25, -0.2) is 0 Å².